The summed E-state index contributed by atoms with van der Waals surface area (Å²) in [6, 6.07) is 6.84. The number of ether oxygens (including phenoxy) is 2. The van der Waals surface area contributed by atoms with Gasteiger partial charge >= 0.3 is 0 Å². The standard InChI is InChI=1S/C40H67N5O7/c1-13-26(6)36(44(10)40(50)35(25(4)5)43-39(49)34(41-9)24(2)3)32(51-11)23-33(47)45-21-17-20-31(45)37(52-12)27(7)38(48)42-30(28(8)46)22-29-18-15-14-16-19-29/h14-16,18-19,24-27,30-32,34-37,41H,13,17,20-23H2,1-12H3,(H,42,48)(H,43,49)/t26-,27+,30-,31-,32+,34-,35-,36-,37+/m0/s1. The van der Waals surface area contributed by atoms with Crippen LogP contribution in [0, 0.1) is 23.7 Å². The number of nitrogens with zero attached hydrogens (tertiary/aromatic N) is 2. The molecule has 1 aliphatic heterocycles. The molecule has 0 spiro atoms. The van der Waals surface area contributed by atoms with Gasteiger partial charge in [-0.05, 0) is 56.6 Å². The van der Waals surface area contributed by atoms with E-state index in [0.717, 1.165) is 18.4 Å². The smallest absolute Gasteiger partial charge is 0.245 e. The summed E-state index contributed by atoms with van der Waals surface area (Å²) in [6.45, 7) is 15.5. The van der Waals surface area contributed by atoms with E-state index in [1.54, 1.807) is 45.0 Å². The molecule has 0 radical (unpaired) electrons. The van der Waals surface area contributed by atoms with Crippen LogP contribution in [0.4, 0.5) is 0 Å². The van der Waals surface area contributed by atoms with Gasteiger partial charge in [0.15, 0.2) is 5.78 Å². The molecule has 1 aromatic carbocycles. The zero-order chi connectivity index (χ0) is 39.3. The van der Waals surface area contributed by atoms with Crippen LogP contribution in [-0.4, -0.2) is 116 Å². The van der Waals surface area contributed by atoms with Crippen LogP contribution in [-0.2, 0) is 39.9 Å². The van der Waals surface area contributed by atoms with E-state index >= 15 is 0 Å². The first-order valence-corrected chi connectivity index (χ1v) is 19.0. The predicted molar refractivity (Wildman–Crippen MR) is 203 cm³/mol. The van der Waals surface area contributed by atoms with Crippen molar-refractivity contribution >= 4 is 29.4 Å². The SMILES string of the molecule is CC[C@H](C)[C@@H]([C@@H](CC(=O)N1CCC[C@H]1[C@H](OC)[C@@H](C)C(=O)N[C@@H](Cc1ccccc1)C(C)=O)OC)N(C)C(=O)[C@@H](NC(=O)[C@@H](NC)C(C)C)C(C)C. The maximum absolute atomic E-state index is 14.2. The summed E-state index contributed by atoms with van der Waals surface area (Å²) >= 11 is 0. The lowest BCUT2D eigenvalue weighted by Crippen LogP contribution is -2.59. The summed E-state index contributed by atoms with van der Waals surface area (Å²) in [7, 11) is 6.55. The third kappa shape index (κ3) is 11.8. The van der Waals surface area contributed by atoms with Crippen molar-refractivity contribution in [1.29, 1.82) is 0 Å². The van der Waals surface area contributed by atoms with Gasteiger partial charge < -0.3 is 35.2 Å². The number of ketones is 1. The van der Waals surface area contributed by atoms with E-state index in [2.05, 4.69) is 16.0 Å². The van der Waals surface area contributed by atoms with Crippen LogP contribution in [0.2, 0.25) is 0 Å². The molecule has 9 atom stereocenters. The Morgan fingerprint density at radius 1 is 0.904 bits per heavy atom. The Labute approximate surface area is 312 Å². The predicted octanol–water partition coefficient (Wildman–Crippen LogP) is 3.61. The van der Waals surface area contributed by atoms with E-state index in [4.69, 9.17) is 9.47 Å². The van der Waals surface area contributed by atoms with Gasteiger partial charge in [-0.2, -0.15) is 0 Å². The molecule has 12 nitrogen and oxygen atoms in total. The number of likely N-dealkylation sites (N-methyl/N-ethyl adjacent to an activating group) is 2. The number of amides is 4. The van der Waals surface area contributed by atoms with Crippen molar-refractivity contribution in [2.24, 2.45) is 23.7 Å². The minimum absolute atomic E-state index is 0.0218. The van der Waals surface area contributed by atoms with Gasteiger partial charge in [-0.3, -0.25) is 24.0 Å². The average molecular weight is 730 g/mol. The molecule has 12 heteroatoms. The van der Waals surface area contributed by atoms with Crippen molar-refractivity contribution in [3.05, 3.63) is 35.9 Å². The number of nitrogens with one attached hydrogen (secondary N) is 3. The molecule has 294 valence electrons. The Kier molecular flexibility index (Phi) is 18.4. The number of likely N-dealkylation sites (tertiary alicyclic amines) is 1. The highest BCUT2D eigenvalue weighted by Gasteiger charge is 2.43. The van der Waals surface area contributed by atoms with E-state index in [-0.39, 0.29) is 59.6 Å². The molecule has 52 heavy (non-hydrogen) atoms. The monoisotopic (exact) mass is 730 g/mol. The summed E-state index contributed by atoms with van der Waals surface area (Å²) in [6.07, 6.45) is 1.32. The molecule has 1 heterocycles. The van der Waals surface area contributed by atoms with Gasteiger partial charge in [-0.15, -0.1) is 0 Å². The van der Waals surface area contributed by atoms with Crippen molar-refractivity contribution in [1.82, 2.24) is 25.8 Å². The maximum Gasteiger partial charge on any atom is 0.245 e. The van der Waals surface area contributed by atoms with Crippen LogP contribution in [0.1, 0.15) is 86.6 Å². The van der Waals surface area contributed by atoms with Gasteiger partial charge in [0, 0.05) is 27.8 Å². The van der Waals surface area contributed by atoms with Crippen molar-refractivity contribution in [3.63, 3.8) is 0 Å². The zero-order valence-corrected chi connectivity index (χ0v) is 33.7. The molecule has 1 aliphatic rings. The van der Waals surface area contributed by atoms with E-state index < -0.39 is 42.3 Å². The van der Waals surface area contributed by atoms with Crippen LogP contribution in [0.3, 0.4) is 0 Å². The number of hydrogen-bond donors (Lipinski definition) is 3. The molecule has 0 aromatic heterocycles. The Balaban J connectivity index is 2.26. The van der Waals surface area contributed by atoms with Crippen LogP contribution in [0.5, 0.6) is 0 Å². The Morgan fingerprint density at radius 3 is 2.02 bits per heavy atom. The first-order chi connectivity index (χ1) is 24.5. The van der Waals surface area contributed by atoms with Crippen LogP contribution < -0.4 is 16.0 Å². The Hall–Kier alpha value is -3.35. The third-order valence-corrected chi connectivity index (χ3v) is 10.8. The van der Waals surface area contributed by atoms with E-state index in [0.29, 0.717) is 19.4 Å². The summed E-state index contributed by atoms with van der Waals surface area (Å²) < 4.78 is 11.9. The largest absolute Gasteiger partial charge is 0.379 e. The molecule has 0 unspecified atom stereocenters. The molecule has 0 bridgehead atoms. The van der Waals surface area contributed by atoms with Gasteiger partial charge in [0.1, 0.15) is 6.04 Å². The number of methoxy groups -OCH3 is 2. The first-order valence-electron chi connectivity index (χ1n) is 19.0. The minimum atomic E-state index is -0.764. The number of rotatable bonds is 21. The number of benzene rings is 1. The molecule has 0 aliphatic carbocycles. The van der Waals surface area contributed by atoms with Crippen LogP contribution >= 0.6 is 0 Å². The number of Topliss-reactive ketones (excluding diaryl/α,β-unsaturated/α-hetero) is 1. The highest BCUT2D eigenvalue weighted by Crippen LogP contribution is 2.30. The van der Waals surface area contributed by atoms with Crippen molar-refractivity contribution in [3.8, 4) is 0 Å². The molecule has 1 fully saturated rings. The third-order valence-electron chi connectivity index (χ3n) is 10.8. The van der Waals surface area contributed by atoms with Gasteiger partial charge in [-0.1, -0.05) is 85.2 Å². The average Bonchev–Trinajstić information content (AvgIpc) is 3.59. The first kappa shape index (κ1) is 44.8. The number of carbonyl (C=O) groups is 5. The topological polar surface area (TPSA) is 146 Å². The van der Waals surface area contributed by atoms with Crippen molar-refractivity contribution < 1.29 is 33.4 Å². The quantitative estimate of drug-likeness (QED) is 0.174. The normalized spacial score (nSPS) is 19.3. The van der Waals surface area contributed by atoms with Crippen molar-refractivity contribution in [2.45, 2.75) is 130 Å². The molecular weight excluding hydrogens is 662 g/mol. The molecule has 3 N–H and O–H groups in total. The van der Waals surface area contributed by atoms with E-state index in [9.17, 15) is 24.0 Å². The summed E-state index contributed by atoms with van der Waals surface area (Å²) in [5.74, 6) is -1.88. The van der Waals surface area contributed by atoms with E-state index in [1.165, 1.54) is 6.92 Å². The van der Waals surface area contributed by atoms with Gasteiger partial charge in [0.05, 0.1) is 48.7 Å². The fourth-order valence-corrected chi connectivity index (χ4v) is 7.50. The van der Waals surface area contributed by atoms with E-state index in [1.807, 2.05) is 71.9 Å². The maximum atomic E-state index is 14.2. The number of hydrogen-bond acceptors (Lipinski definition) is 8. The summed E-state index contributed by atoms with van der Waals surface area (Å²) in [5.41, 5.74) is 0.945. The second-order valence-electron chi connectivity index (χ2n) is 15.2. The van der Waals surface area contributed by atoms with Crippen molar-refractivity contribution in [2.75, 3.05) is 34.9 Å². The molecule has 1 saturated heterocycles. The minimum Gasteiger partial charge on any atom is -0.379 e. The molecular formula is C40H67N5O7. The Morgan fingerprint density at radius 2 is 1.52 bits per heavy atom. The second kappa shape index (κ2) is 21.4. The van der Waals surface area contributed by atoms with Crippen LogP contribution in [0.15, 0.2) is 30.3 Å². The lowest BCUT2D eigenvalue weighted by molar-refractivity contribution is -0.148. The van der Waals surface area contributed by atoms with Crippen LogP contribution in [0.25, 0.3) is 0 Å². The lowest BCUT2D eigenvalue weighted by Gasteiger charge is -2.41. The second-order valence-corrected chi connectivity index (χ2v) is 15.2. The summed E-state index contributed by atoms with van der Waals surface area (Å²) in [5, 5.41) is 8.96. The fraction of sp³-hybridized carbons (Fsp3) is 0.725. The van der Waals surface area contributed by atoms with Gasteiger partial charge in [-0.25, -0.2) is 0 Å². The Bertz CT molecular complexity index is 1310. The lowest BCUT2D eigenvalue weighted by atomic mass is 9.89. The zero-order valence-electron chi connectivity index (χ0n) is 33.7. The molecule has 1 aromatic rings. The molecule has 0 saturated carbocycles. The molecule has 4 amide bonds. The fourth-order valence-electron chi connectivity index (χ4n) is 7.50. The highest BCUT2D eigenvalue weighted by atomic mass is 16.5. The highest BCUT2D eigenvalue weighted by molar-refractivity contribution is 5.90. The summed E-state index contributed by atoms with van der Waals surface area (Å²) in [4.78, 5) is 71.0. The van der Waals surface area contributed by atoms with Gasteiger partial charge in [0.25, 0.3) is 0 Å². The molecule has 2 rings (SSSR count). The number of carbonyl (C=O) groups excluding carboxylic acids is 5. The van der Waals surface area contributed by atoms with Gasteiger partial charge in [0.2, 0.25) is 23.6 Å².